The van der Waals surface area contributed by atoms with Gasteiger partial charge < -0.3 is 18.6 Å². The van der Waals surface area contributed by atoms with Crippen LogP contribution in [0.2, 0.25) is 0 Å². The van der Waals surface area contributed by atoms with Crippen molar-refractivity contribution in [3.05, 3.63) is 77.3 Å². The lowest BCUT2D eigenvalue weighted by atomic mass is 10.1. The lowest BCUT2D eigenvalue weighted by Gasteiger charge is -2.09. The Balaban J connectivity index is 1.58. The van der Waals surface area contributed by atoms with Crippen molar-refractivity contribution in [3.8, 4) is 34.0 Å². The summed E-state index contributed by atoms with van der Waals surface area (Å²) in [5.41, 5.74) is 3.56. The molecule has 0 fully saturated rings. The molecule has 36 heavy (non-hydrogen) atoms. The Morgan fingerprint density at radius 3 is 2.56 bits per heavy atom. The Morgan fingerprint density at radius 1 is 0.972 bits per heavy atom. The minimum absolute atomic E-state index is 0.0927. The van der Waals surface area contributed by atoms with E-state index in [1.54, 1.807) is 31.2 Å². The predicted octanol–water partition coefficient (Wildman–Crippen LogP) is 4.78. The highest BCUT2D eigenvalue weighted by atomic mass is 16.5. The SMILES string of the molecule is CCCCn1cnc2c(-c3ccccc3)cn(Cc3nc(-c4cccc(OC)c4OC)no3)c2c1=O. The van der Waals surface area contributed by atoms with Crippen LogP contribution in [0.1, 0.15) is 25.7 Å². The van der Waals surface area contributed by atoms with Gasteiger partial charge in [-0.05, 0) is 24.1 Å². The normalized spacial score (nSPS) is 11.2. The summed E-state index contributed by atoms with van der Waals surface area (Å²) < 4.78 is 20.0. The third-order valence-electron chi connectivity index (χ3n) is 6.10. The molecule has 3 heterocycles. The second-order valence-corrected chi connectivity index (χ2v) is 8.38. The first kappa shape index (κ1) is 23.3. The van der Waals surface area contributed by atoms with Crippen molar-refractivity contribution in [2.45, 2.75) is 32.9 Å². The molecule has 0 amide bonds. The van der Waals surface area contributed by atoms with E-state index in [9.17, 15) is 4.79 Å². The maximum atomic E-state index is 13.5. The molecule has 0 N–H and O–H groups in total. The lowest BCUT2D eigenvalue weighted by Crippen LogP contribution is -2.22. The van der Waals surface area contributed by atoms with Gasteiger partial charge in [0.15, 0.2) is 11.5 Å². The van der Waals surface area contributed by atoms with Gasteiger partial charge in [-0.25, -0.2) is 4.98 Å². The van der Waals surface area contributed by atoms with Crippen molar-refractivity contribution >= 4 is 11.0 Å². The number of para-hydroxylation sites is 1. The van der Waals surface area contributed by atoms with Crippen LogP contribution >= 0.6 is 0 Å². The fourth-order valence-corrected chi connectivity index (χ4v) is 4.29. The molecule has 0 unspecified atom stereocenters. The highest BCUT2D eigenvalue weighted by molar-refractivity contribution is 5.92. The van der Waals surface area contributed by atoms with Crippen molar-refractivity contribution in [1.82, 2.24) is 24.3 Å². The zero-order valence-corrected chi connectivity index (χ0v) is 20.5. The van der Waals surface area contributed by atoms with Crippen LogP contribution in [0.25, 0.3) is 33.5 Å². The maximum Gasteiger partial charge on any atom is 0.277 e. The van der Waals surface area contributed by atoms with Gasteiger partial charge in [0.05, 0.1) is 26.1 Å². The topological polar surface area (TPSA) is 97.2 Å². The molecular formula is C27H27N5O4. The van der Waals surface area contributed by atoms with Crippen LogP contribution in [0.15, 0.2) is 70.4 Å². The third kappa shape index (κ3) is 4.24. The second kappa shape index (κ2) is 10.1. The molecule has 0 spiro atoms. The Labute approximate surface area is 207 Å². The number of benzene rings is 2. The number of hydrogen-bond acceptors (Lipinski definition) is 7. The van der Waals surface area contributed by atoms with E-state index in [1.165, 1.54) is 0 Å². The number of methoxy groups -OCH3 is 2. The number of rotatable bonds is 9. The number of ether oxygens (including phenoxy) is 2. The number of unbranched alkanes of at least 4 members (excludes halogenated alkanes) is 1. The van der Waals surface area contributed by atoms with Gasteiger partial charge >= 0.3 is 0 Å². The van der Waals surface area contributed by atoms with Crippen molar-refractivity contribution < 1.29 is 14.0 Å². The second-order valence-electron chi connectivity index (χ2n) is 8.38. The van der Waals surface area contributed by atoms with Crippen LogP contribution in [-0.2, 0) is 13.1 Å². The summed E-state index contributed by atoms with van der Waals surface area (Å²) in [4.78, 5) is 22.7. The predicted molar refractivity (Wildman–Crippen MR) is 136 cm³/mol. The average molecular weight is 486 g/mol. The fraction of sp³-hybridized carbons (Fsp3) is 0.259. The van der Waals surface area contributed by atoms with Crippen molar-refractivity contribution in [2.75, 3.05) is 14.2 Å². The molecule has 0 bridgehead atoms. The van der Waals surface area contributed by atoms with Crippen molar-refractivity contribution in [1.29, 1.82) is 0 Å². The van der Waals surface area contributed by atoms with E-state index in [2.05, 4.69) is 22.0 Å². The minimum atomic E-state index is -0.0927. The summed E-state index contributed by atoms with van der Waals surface area (Å²) in [5.74, 6) is 1.82. The summed E-state index contributed by atoms with van der Waals surface area (Å²) in [6.07, 6.45) is 5.44. The zero-order chi connectivity index (χ0) is 25.1. The van der Waals surface area contributed by atoms with Gasteiger partial charge in [0, 0.05) is 18.3 Å². The highest BCUT2D eigenvalue weighted by Gasteiger charge is 2.20. The quantitative estimate of drug-likeness (QED) is 0.296. The summed E-state index contributed by atoms with van der Waals surface area (Å²) in [5, 5.41) is 4.16. The number of aromatic nitrogens is 5. The molecule has 0 atom stereocenters. The largest absolute Gasteiger partial charge is 0.493 e. The Morgan fingerprint density at radius 2 is 1.81 bits per heavy atom. The summed E-state index contributed by atoms with van der Waals surface area (Å²) in [6, 6.07) is 15.4. The summed E-state index contributed by atoms with van der Waals surface area (Å²) in [6.45, 7) is 2.93. The van der Waals surface area contributed by atoms with E-state index < -0.39 is 0 Å². The lowest BCUT2D eigenvalue weighted by molar-refractivity contribution is 0.355. The molecule has 0 saturated carbocycles. The van der Waals surface area contributed by atoms with E-state index >= 15 is 0 Å². The Bertz CT molecular complexity index is 1550. The zero-order valence-electron chi connectivity index (χ0n) is 20.5. The fourth-order valence-electron chi connectivity index (χ4n) is 4.29. The molecule has 0 aliphatic rings. The van der Waals surface area contributed by atoms with Crippen LogP contribution in [-0.4, -0.2) is 38.5 Å². The minimum Gasteiger partial charge on any atom is -0.493 e. The van der Waals surface area contributed by atoms with Crippen LogP contribution in [0.3, 0.4) is 0 Å². The van der Waals surface area contributed by atoms with Crippen LogP contribution in [0.5, 0.6) is 11.5 Å². The Kier molecular flexibility index (Phi) is 6.53. The number of fused-ring (bicyclic) bond motifs is 1. The third-order valence-corrected chi connectivity index (χ3v) is 6.10. The molecule has 0 aliphatic heterocycles. The first-order chi connectivity index (χ1) is 17.6. The van der Waals surface area contributed by atoms with Gasteiger partial charge in [0.25, 0.3) is 5.56 Å². The Hall–Kier alpha value is -4.40. The van der Waals surface area contributed by atoms with E-state index in [-0.39, 0.29) is 12.1 Å². The smallest absolute Gasteiger partial charge is 0.277 e. The van der Waals surface area contributed by atoms with Crippen molar-refractivity contribution in [2.24, 2.45) is 0 Å². The first-order valence-electron chi connectivity index (χ1n) is 11.8. The van der Waals surface area contributed by atoms with Gasteiger partial charge in [-0.3, -0.25) is 9.36 Å². The number of nitrogens with zero attached hydrogens (tertiary/aromatic N) is 5. The number of hydrogen-bond donors (Lipinski definition) is 0. The molecule has 9 heteroatoms. The molecule has 0 saturated heterocycles. The molecule has 184 valence electrons. The molecule has 9 nitrogen and oxygen atoms in total. The molecule has 0 aliphatic carbocycles. The van der Waals surface area contributed by atoms with Crippen LogP contribution in [0.4, 0.5) is 0 Å². The van der Waals surface area contributed by atoms with Crippen LogP contribution < -0.4 is 15.0 Å². The van der Waals surface area contributed by atoms with E-state index in [0.717, 1.165) is 24.0 Å². The van der Waals surface area contributed by atoms with Gasteiger partial charge in [-0.1, -0.05) is 54.9 Å². The van der Waals surface area contributed by atoms with Crippen molar-refractivity contribution in [3.63, 3.8) is 0 Å². The van der Waals surface area contributed by atoms with Gasteiger partial charge in [-0.2, -0.15) is 4.98 Å². The molecule has 0 radical (unpaired) electrons. The summed E-state index contributed by atoms with van der Waals surface area (Å²) in [7, 11) is 3.14. The molecule has 2 aromatic carbocycles. The van der Waals surface area contributed by atoms with Gasteiger partial charge in [0.1, 0.15) is 17.6 Å². The molecule has 3 aromatic heterocycles. The molecule has 5 aromatic rings. The summed E-state index contributed by atoms with van der Waals surface area (Å²) >= 11 is 0. The van der Waals surface area contributed by atoms with E-state index in [0.29, 0.717) is 46.4 Å². The van der Waals surface area contributed by atoms with E-state index in [4.69, 9.17) is 14.0 Å². The van der Waals surface area contributed by atoms with Gasteiger partial charge in [0.2, 0.25) is 11.7 Å². The molecule has 5 rings (SSSR count). The van der Waals surface area contributed by atoms with Crippen LogP contribution in [0, 0.1) is 0 Å². The van der Waals surface area contributed by atoms with Gasteiger partial charge in [-0.15, -0.1) is 0 Å². The van der Waals surface area contributed by atoms with E-state index in [1.807, 2.05) is 53.2 Å². The molecular weight excluding hydrogens is 458 g/mol. The standard InChI is InChI=1S/C27H27N5O4/c1-4-5-14-31-17-28-23-20(18-10-7-6-8-11-18)15-32(24(23)27(31)33)16-22-29-26(30-36-22)19-12-9-13-21(34-2)25(19)35-3/h6-13,15,17H,4-5,14,16H2,1-3H3. The average Bonchev–Trinajstić information content (AvgIpc) is 3.53. The highest BCUT2D eigenvalue weighted by Crippen LogP contribution is 2.36. The first-order valence-corrected chi connectivity index (χ1v) is 11.8. The number of aryl methyl sites for hydroxylation is 1. The maximum absolute atomic E-state index is 13.5. The monoisotopic (exact) mass is 485 g/mol.